The van der Waals surface area contributed by atoms with Crippen molar-refractivity contribution in [1.29, 1.82) is 0 Å². The van der Waals surface area contributed by atoms with Crippen molar-refractivity contribution in [3.05, 3.63) is 64.1 Å². The quantitative estimate of drug-likeness (QED) is 0.649. The first kappa shape index (κ1) is 13.7. The largest absolute Gasteiger partial charge is 0.508 e. The van der Waals surface area contributed by atoms with Gasteiger partial charge in [-0.2, -0.15) is 0 Å². The van der Waals surface area contributed by atoms with Crippen LogP contribution in [0.15, 0.2) is 53.0 Å². The first-order valence-corrected chi connectivity index (χ1v) is 8.17. The molecule has 2 aromatic carbocycles. The second-order valence-corrected chi connectivity index (χ2v) is 6.87. The molecule has 3 unspecified atom stereocenters. The van der Waals surface area contributed by atoms with Crippen LogP contribution < -0.4 is 5.32 Å². The van der Waals surface area contributed by atoms with Gasteiger partial charge in [0.25, 0.3) is 0 Å². The third-order valence-electron chi connectivity index (χ3n) is 4.67. The molecule has 3 N–H and O–H groups in total. The lowest BCUT2D eigenvalue weighted by molar-refractivity contribution is 0.398. The van der Waals surface area contributed by atoms with Crippen molar-refractivity contribution >= 4 is 21.6 Å². The minimum Gasteiger partial charge on any atom is -0.508 e. The van der Waals surface area contributed by atoms with Crippen LogP contribution in [-0.4, -0.2) is 10.2 Å². The number of hydrogen-bond donors (Lipinski definition) is 3. The molecule has 4 rings (SSSR count). The Hall–Kier alpha value is -1.94. The van der Waals surface area contributed by atoms with Crippen molar-refractivity contribution in [2.45, 2.75) is 18.4 Å². The second-order valence-electron chi connectivity index (χ2n) is 5.95. The van der Waals surface area contributed by atoms with E-state index in [0.29, 0.717) is 11.8 Å². The maximum Gasteiger partial charge on any atom is 0.124 e. The Labute approximate surface area is 137 Å². The third-order valence-corrected chi connectivity index (χ3v) is 5.17. The molecule has 1 aliphatic carbocycles. The van der Waals surface area contributed by atoms with Gasteiger partial charge in [0, 0.05) is 27.7 Å². The molecular formula is C18H16BrNO2. The van der Waals surface area contributed by atoms with Crippen LogP contribution in [0.25, 0.3) is 0 Å². The number of phenols is 2. The Morgan fingerprint density at radius 2 is 1.91 bits per heavy atom. The molecule has 112 valence electrons. The van der Waals surface area contributed by atoms with Crippen LogP contribution in [0.3, 0.4) is 0 Å². The van der Waals surface area contributed by atoms with Gasteiger partial charge >= 0.3 is 0 Å². The number of allylic oxidation sites excluding steroid dienone is 2. The highest BCUT2D eigenvalue weighted by Gasteiger charge is 2.38. The van der Waals surface area contributed by atoms with E-state index in [4.69, 9.17) is 0 Å². The zero-order valence-corrected chi connectivity index (χ0v) is 13.4. The van der Waals surface area contributed by atoms with Crippen LogP contribution in [0.4, 0.5) is 5.69 Å². The van der Waals surface area contributed by atoms with E-state index in [-0.39, 0.29) is 17.5 Å². The van der Waals surface area contributed by atoms with Crippen molar-refractivity contribution in [2.75, 3.05) is 5.32 Å². The zero-order chi connectivity index (χ0) is 15.3. The van der Waals surface area contributed by atoms with Gasteiger partial charge in [0.05, 0.1) is 6.04 Å². The zero-order valence-electron chi connectivity index (χ0n) is 11.8. The summed E-state index contributed by atoms with van der Waals surface area (Å²) in [4.78, 5) is 0. The molecule has 1 heterocycles. The van der Waals surface area contributed by atoms with Crippen LogP contribution in [0, 0.1) is 5.92 Å². The molecule has 0 radical (unpaired) electrons. The minimum atomic E-state index is 0.0364. The molecule has 0 aromatic heterocycles. The Morgan fingerprint density at radius 3 is 2.73 bits per heavy atom. The molecular weight excluding hydrogens is 342 g/mol. The molecule has 2 aliphatic rings. The molecule has 0 saturated heterocycles. The molecule has 0 saturated carbocycles. The highest BCUT2D eigenvalue weighted by Crippen LogP contribution is 2.51. The van der Waals surface area contributed by atoms with Crippen LogP contribution in [0.2, 0.25) is 0 Å². The van der Waals surface area contributed by atoms with Gasteiger partial charge in [-0.3, -0.25) is 0 Å². The smallest absolute Gasteiger partial charge is 0.124 e. The second kappa shape index (κ2) is 5.06. The predicted octanol–water partition coefficient (Wildman–Crippen LogP) is 4.69. The summed E-state index contributed by atoms with van der Waals surface area (Å²) in [5.74, 6) is 0.954. The average molecular weight is 358 g/mol. The third kappa shape index (κ3) is 2.10. The molecule has 0 fully saturated rings. The van der Waals surface area contributed by atoms with Gasteiger partial charge in [-0.25, -0.2) is 0 Å². The summed E-state index contributed by atoms with van der Waals surface area (Å²) in [6, 6.07) is 11.2. The fourth-order valence-corrected chi connectivity index (χ4v) is 4.05. The Morgan fingerprint density at radius 1 is 1.05 bits per heavy atom. The van der Waals surface area contributed by atoms with Gasteiger partial charge < -0.3 is 15.5 Å². The molecule has 22 heavy (non-hydrogen) atoms. The summed E-state index contributed by atoms with van der Waals surface area (Å²) in [6.45, 7) is 0. The van der Waals surface area contributed by atoms with Crippen LogP contribution >= 0.6 is 15.9 Å². The highest BCUT2D eigenvalue weighted by atomic mass is 79.9. The topological polar surface area (TPSA) is 52.5 Å². The summed E-state index contributed by atoms with van der Waals surface area (Å²) in [7, 11) is 0. The van der Waals surface area contributed by atoms with Gasteiger partial charge in [-0.1, -0.05) is 28.1 Å². The lowest BCUT2D eigenvalue weighted by Crippen LogP contribution is -2.29. The maximum atomic E-state index is 10.2. The summed E-state index contributed by atoms with van der Waals surface area (Å²) in [6.07, 6.45) is 5.47. The molecule has 3 nitrogen and oxygen atoms in total. The maximum absolute atomic E-state index is 10.2. The van der Waals surface area contributed by atoms with E-state index < -0.39 is 0 Å². The molecule has 4 heteroatoms. The van der Waals surface area contributed by atoms with E-state index in [9.17, 15) is 10.2 Å². The van der Waals surface area contributed by atoms with E-state index in [0.717, 1.165) is 22.1 Å². The minimum absolute atomic E-state index is 0.0364. The number of halogens is 1. The van der Waals surface area contributed by atoms with Crippen molar-refractivity contribution < 1.29 is 10.2 Å². The first-order chi connectivity index (χ1) is 10.6. The van der Waals surface area contributed by atoms with Gasteiger partial charge in [-0.05, 0) is 48.2 Å². The Bertz CT molecular complexity index is 772. The molecule has 0 amide bonds. The van der Waals surface area contributed by atoms with E-state index in [1.165, 1.54) is 11.6 Å². The highest BCUT2D eigenvalue weighted by molar-refractivity contribution is 9.10. The number of anilines is 1. The monoisotopic (exact) mass is 357 g/mol. The van der Waals surface area contributed by atoms with E-state index >= 15 is 0 Å². The SMILES string of the molecule is Oc1ccc(C2Nc3ccc(Br)cc3C3C=CCC32)c(O)c1. The number of nitrogens with one attached hydrogen (secondary N) is 1. The summed E-state index contributed by atoms with van der Waals surface area (Å²) in [5, 5.41) is 23.3. The number of benzene rings is 2. The normalized spacial score (nSPS) is 25.4. The lowest BCUT2D eigenvalue weighted by Gasteiger charge is -2.37. The standard InChI is InChI=1S/C18H16BrNO2/c19-10-4-7-16-15(8-10)12-2-1-3-13(12)18(20-16)14-6-5-11(21)9-17(14)22/h1-2,4-9,12-13,18,20-22H,3H2. The molecule has 0 spiro atoms. The lowest BCUT2D eigenvalue weighted by atomic mass is 9.77. The van der Waals surface area contributed by atoms with Gasteiger partial charge in [0.1, 0.15) is 11.5 Å². The number of aromatic hydroxyl groups is 2. The van der Waals surface area contributed by atoms with E-state index in [2.05, 4.69) is 45.5 Å². The van der Waals surface area contributed by atoms with Crippen molar-refractivity contribution in [3.63, 3.8) is 0 Å². The van der Waals surface area contributed by atoms with Crippen LogP contribution in [0.5, 0.6) is 11.5 Å². The summed E-state index contributed by atoms with van der Waals surface area (Å²) >= 11 is 3.55. The van der Waals surface area contributed by atoms with E-state index in [1.807, 2.05) is 12.1 Å². The summed E-state index contributed by atoms with van der Waals surface area (Å²) < 4.78 is 1.08. The molecule has 2 aromatic rings. The van der Waals surface area contributed by atoms with Crippen LogP contribution in [-0.2, 0) is 0 Å². The number of fused-ring (bicyclic) bond motifs is 3. The van der Waals surface area contributed by atoms with Crippen molar-refractivity contribution in [2.24, 2.45) is 5.92 Å². The predicted molar refractivity (Wildman–Crippen MR) is 90.3 cm³/mol. The Balaban J connectivity index is 1.81. The van der Waals surface area contributed by atoms with E-state index in [1.54, 1.807) is 6.07 Å². The number of rotatable bonds is 1. The fraction of sp³-hybridized carbons (Fsp3) is 0.222. The molecule has 0 bridgehead atoms. The van der Waals surface area contributed by atoms with Crippen LogP contribution in [0.1, 0.15) is 29.5 Å². The average Bonchev–Trinajstić information content (AvgIpc) is 2.97. The fourth-order valence-electron chi connectivity index (χ4n) is 3.67. The number of phenolic OH excluding ortho intramolecular Hbond substituents is 2. The van der Waals surface area contributed by atoms with Crippen molar-refractivity contribution in [1.82, 2.24) is 0 Å². The Kier molecular flexibility index (Phi) is 3.15. The van der Waals surface area contributed by atoms with Gasteiger partial charge in [0.2, 0.25) is 0 Å². The summed E-state index contributed by atoms with van der Waals surface area (Å²) in [5.41, 5.74) is 3.24. The molecule has 1 aliphatic heterocycles. The van der Waals surface area contributed by atoms with Gasteiger partial charge in [0.15, 0.2) is 0 Å². The van der Waals surface area contributed by atoms with Gasteiger partial charge in [-0.15, -0.1) is 0 Å². The molecule has 3 atom stereocenters. The van der Waals surface area contributed by atoms with Crippen molar-refractivity contribution in [3.8, 4) is 11.5 Å². The first-order valence-electron chi connectivity index (χ1n) is 7.38. The number of hydrogen-bond acceptors (Lipinski definition) is 3.